The number of ether oxygens (including phenoxy) is 1. The molecule has 2 aromatic carbocycles. The van der Waals surface area contributed by atoms with Crippen molar-refractivity contribution >= 4 is 21.6 Å². The Morgan fingerprint density at radius 1 is 1.14 bits per heavy atom. The number of hydrogen-bond donors (Lipinski definition) is 1. The Morgan fingerprint density at radius 3 is 2.58 bits per heavy atom. The second kappa shape index (κ2) is 9.11. The fraction of sp³-hybridized carbons (Fsp3) is 0.414. The Bertz CT molecular complexity index is 1450. The summed E-state index contributed by atoms with van der Waals surface area (Å²) in [7, 11) is 0. The minimum Gasteiger partial charge on any atom is -0.383 e. The SMILES string of the molecule is Cc1cccc(C)c1-c1noc(C2CC2)c1CO[C@H]1CC[C@](O)(c2nc3ccc(C#N)cc3s2)CC1. The highest BCUT2D eigenvalue weighted by molar-refractivity contribution is 7.18. The summed E-state index contributed by atoms with van der Waals surface area (Å²) in [6.07, 6.45) is 5.08. The molecule has 2 saturated carbocycles. The average Bonchev–Trinajstić information content (AvgIpc) is 3.49. The van der Waals surface area contributed by atoms with Crippen molar-refractivity contribution in [1.29, 1.82) is 5.26 Å². The summed E-state index contributed by atoms with van der Waals surface area (Å²) >= 11 is 1.49. The molecule has 0 radical (unpaired) electrons. The highest BCUT2D eigenvalue weighted by Gasteiger charge is 2.39. The van der Waals surface area contributed by atoms with E-state index in [-0.39, 0.29) is 6.10 Å². The fourth-order valence-electron chi connectivity index (χ4n) is 5.36. The molecule has 0 aliphatic heterocycles. The lowest BCUT2D eigenvalue weighted by Crippen LogP contribution is -2.34. The van der Waals surface area contributed by atoms with Gasteiger partial charge in [0.15, 0.2) is 0 Å². The lowest BCUT2D eigenvalue weighted by molar-refractivity contribution is -0.0640. The quantitative estimate of drug-likeness (QED) is 0.319. The van der Waals surface area contributed by atoms with Gasteiger partial charge in [-0.25, -0.2) is 4.98 Å². The molecular weight excluding hydrogens is 470 g/mol. The number of hydrogen-bond acceptors (Lipinski definition) is 7. The number of rotatable bonds is 6. The predicted octanol–water partition coefficient (Wildman–Crippen LogP) is 6.66. The average molecular weight is 500 g/mol. The fourth-order valence-corrected chi connectivity index (χ4v) is 6.51. The van der Waals surface area contributed by atoms with Crippen molar-refractivity contribution in [1.82, 2.24) is 10.1 Å². The van der Waals surface area contributed by atoms with E-state index in [1.165, 1.54) is 22.5 Å². The lowest BCUT2D eigenvalue weighted by Gasteiger charge is -2.34. The molecule has 0 spiro atoms. The third kappa shape index (κ3) is 4.24. The highest BCUT2D eigenvalue weighted by atomic mass is 32.1. The zero-order valence-corrected chi connectivity index (χ0v) is 21.4. The number of thiazole rings is 1. The van der Waals surface area contributed by atoms with Crippen LogP contribution in [0.3, 0.4) is 0 Å². The first-order valence-electron chi connectivity index (χ1n) is 12.7. The summed E-state index contributed by atoms with van der Waals surface area (Å²) in [5, 5.41) is 25.8. The summed E-state index contributed by atoms with van der Waals surface area (Å²) in [5.41, 5.74) is 6.00. The van der Waals surface area contributed by atoms with Gasteiger partial charge in [-0.1, -0.05) is 23.4 Å². The molecule has 0 unspecified atom stereocenters. The van der Waals surface area contributed by atoms with E-state index in [1.807, 2.05) is 12.1 Å². The minimum atomic E-state index is -0.948. The smallest absolute Gasteiger partial charge is 0.145 e. The Labute approximate surface area is 214 Å². The van der Waals surface area contributed by atoms with E-state index in [1.54, 1.807) is 6.07 Å². The zero-order chi connectivity index (χ0) is 24.9. The predicted molar refractivity (Wildman–Crippen MR) is 139 cm³/mol. The van der Waals surface area contributed by atoms with Crippen LogP contribution >= 0.6 is 11.3 Å². The van der Waals surface area contributed by atoms with Gasteiger partial charge in [-0.2, -0.15) is 5.26 Å². The van der Waals surface area contributed by atoms with Gasteiger partial charge in [0.2, 0.25) is 0 Å². The summed E-state index contributed by atoms with van der Waals surface area (Å²) in [6.45, 7) is 4.70. The van der Waals surface area contributed by atoms with E-state index >= 15 is 0 Å². The number of fused-ring (bicyclic) bond motifs is 1. The van der Waals surface area contributed by atoms with Crippen molar-refractivity contribution in [3.8, 4) is 17.3 Å². The van der Waals surface area contributed by atoms with Gasteiger partial charge in [0.25, 0.3) is 0 Å². The van der Waals surface area contributed by atoms with Crippen LogP contribution in [0.4, 0.5) is 0 Å². The van der Waals surface area contributed by atoms with Gasteiger partial charge >= 0.3 is 0 Å². The van der Waals surface area contributed by atoms with Gasteiger partial charge < -0.3 is 14.4 Å². The second-order valence-electron chi connectivity index (χ2n) is 10.3. The maximum atomic E-state index is 11.4. The van der Waals surface area contributed by atoms with Crippen molar-refractivity contribution in [2.75, 3.05) is 0 Å². The standard InChI is InChI=1S/C29H29N3O3S/c1-17-4-3-5-18(2)25(17)26-22(27(35-32-26)20-7-8-20)16-34-21-10-12-29(33,13-11-21)28-31-23-9-6-19(15-30)14-24(23)36-28/h3-6,9,14,20-21,33H,7-8,10-13,16H2,1-2H3/t21-,29+. The van der Waals surface area contributed by atoms with Crippen LogP contribution in [0.2, 0.25) is 0 Å². The molecule has 2 aliphatic carbocycles. The summed E-state index contributed by atoms with van der Waals surface area (Å²) in [5.74, 6) is 1.43. The Hall–Kier alpha value is -3.05. The molecule has 0 atom stereocenters. The van der Waals surface area contributed by atoms with E-state index in [4.69, 9.17) is 14.2 Å². The molecule has 0 saturated heterocycles. The van der Waals surface area contributed by atoms with E-state index < -0.39 is 5.60 Å². The third-order valence-corrected chi connectivity index (χ3v) is 8.83. The number of aliphatic hydroxyl groups is 1. The van der Waals surface area contributed by atoms with Gasteiger partial charge in [0.1, 0.15) is 22.1 Å². The van der Waals surface area contributed by atoms with Gasteiger partial charge in [-0.15, -0.1) is 11.3 Å². The second-order valence-corrected chi connectivity index (χ2v) is 11.3. The Balaban J connectivity index is 1.17. The first-order valence-corrected chi connectivity index (χ1v) is 13.5. The number of nitriles is 1. The molecule has 36 heavy (non-hydrogen) atoms. The molecule has 2 fully saturated rings. The van der Waals surface area contributed by atoms with Crippen LogP contribution in [0.1, 0.15) is 77.5 Å². The van der Waals surface area contributed by atoms with E-state index in [9.17, 15) is 10.4 Å². The number of nitrogens with zero attached hydrogens (tertiary/aromatic N) is 3. The maximum Gasteiger partial charge on any atom is 0.145 e. The topological polar surface area (TPSA) is 92.2 Å². The van der Waals surface area contributed by atoms with Crippen molar-refractivity contribution in [2.24, 2.45) is 0 Å². The van der Waals surface area contributed by atoms with Crippen LogP contribution < -0.4 is 0 Å². The summed E-state index contributed by atoms with van der Waals surface area (Å²) < 4.78 is 13.2. The van der Waals surface area contributed by atoms with E-state index in [0.29, 0.717) is 30.9 Å². The summed E-state index contributed by atoms with van der Waals surface area (Å²) in [6, 6.07) is 13.9. The maximum absolute atomic E-state index is 11.4. The molecule has 1 N–H and O–H groups in total. The van der Waals surface area contributed by atoms with Crippen molar-refractivity contribution in [3.63, 3.8) is 0 Å². The first kappa shape index (κ1) is 23.4. The number of aromatic nitrogens is 2. The number of aryl methyl sites for hydroxylation is 2. The monoisotopic (exact) mass is 499 g/mol. The third-order valence-electron chi connectivity index (χ3n) is 7.62. The van der Waals surface area contributed by atoms with Crippen LogP contribution in [0.25, 0.3) is 21.5 Å². The molecule has 0 bridgehead atoms. The van der Waals surface area contributed by atoms with Crippen LogP contribution in [0, 0.1) is 25.2 Å². The van der Waals surface area contributed by atoms with Crippen molar-refractivity contribution < 1.29 is 14.4 Å². The minimum absolute atomic E-state index is 0.0672. The Kier molecular flexibility index (Phi) is 5.91. The van der Waals surface area contributed by atoms with Crippen LogP contribution in [0.5, 0.6) is 0 Å². The first-order chi connectivity index (χ1) is 17.4. The molecule has 7 heteroatoms. The van der Waals surface area contributed by atoms with Crippen molar-refractivity contribution in [2.45, 2.75) is 76.6 Å². The molecule has 0 amide bonds. The van der Waals surface area contributed by atoms with Gasteiger partial charge in [0, 0.05) is 17.0 Å². The molecule has 4 aromatic rings. The highest BCUT2D eigenvalue weighted by Crippen LogP contribution is 2.46. The molecule has 6 rings (SSSR count). The molecular formula is C29H29N3O3S. The summed E-state index contributed by atoms with van der Waals surface area (Å²) in [4.78, 5) is 4.69. The molecule has 2 heterocycles. The number of benzene rings is 2. The van der Waals surface area contributed by atoms with Crippen LogP contribution in [-0.4, -0.2) is 21.4 Å². The van der Waals surface area contributed by atoms with Gasteiger partial charge in [-0.3, -0.25) is 0 Å². The molecule has 184 valence electrons. The van der Waals surface area contributed by atoms with E-state index in [2.05, 4.69) is 43.3 Å². The van der Waals surface area contributed by atoms with Crippen LogP contribution in [-0.2, 0) is 16.9 Å². The Morgan fingerprint density at radius 2 is 1.89 bits per heavy atom. The molecule has 2 aromatic heterocycles. The lowest BCUT2D eigenvalue weighted by atomic mass is 9.83. The van der Waals surface area contributed by atoms with Crippen LogP contribution in [0.15, 0.2) is 40.9 Å². The van der Waals surface area contributed by atoms with Gasteiger partial charge in [-0.05, 0) is 81.7 Å². The normalized spacial score (nSPS) is 22.1. The molecule has 6 nitrogen and oxygen atoms in total. The largest absolute Gasteiger partial charge is 0.383 e. The van der Waals surface area contributed by atoms with Crippen molar-refractivity contribution in [3.05, 3.63) is 69.4 Å². The zero-order valence-electron chi connectivity index (χ0n) is 20.6. The molecule has 2 aliphatic rings. The van der Waals surface area contributed by atoms with Gasteiger partial charge in [0.05, 0.1) is 34.6 Å². The van der Waals surface area contributed by atoms with E-state index in [0.717, 1.165) is 63.5 Å².